The molecule has 0 spiro atoms. The van der Waals surface area contributed by atoms with Crippen LogP contribution in [0.3, 0.4) is 0 Å². The zero-order chi connectivity index (χ0) is 11.8. The predicted molar refractivity (Wildman–Crippen MR) is 67.0 cm³/mol. The summed E-state index contributed by atoms with van der Waals surface area (Å²) in [7, 11) is -3.02. The van der Waals surface area contributed by atoms with E-state index in [9.17, 15) is 8.42 Å². The minimum Gasteiger partial charge on any atom is -0.362 e. The van der Waals surface area contributed by atoms with Crippen molar-refractivity contribution in [3.05, 3.63) is 33.8 Å². The van der Waals surface area contributed by atoms with Gasteiger partial charge in [0, 0.05) is 11.6 Å². The Hall–Kier alpha value is -0.880. The van der Waals surface area contributed by atoms with E-state index < -0.39 is 9.84 Å². The molecule has 4 nitrogen and oxygen atoms in total. The Bertz CT molecular complexity index is 540. The lowest BCUT2D eigenvalue weighted by Crippen LogP contribution is -2.21. The number of sulfone groups is 1. The first-order chi connectivity index (χ1) is 7.48. The van der Waals surface area contributed by atoms with Crippen LogP contribution in [0.5, 0.6) is 0 Å². The summed E-state index contributed by atoms with van der Waals surface area (Å²) in [5.74, 6) is 0.765. The topological polar surface area (TPSA) is 59.1 Å². The predicted octanol–water partition coefficient (Wildman–Crippen LogP) is 1.88. The summed E-state index contributed by atoms with van der Waals surface area (Å²) in [6.45, 7) is 1.96. The van der Waals surface area contributed by atoms with E-state index in [1.807, 2.05) is 13.0 Å². The van der Waals surface area contributed by atoms with Crippen molar-refractivity contribution in [1.82, 2.24) is 4.98 Å². The van der Waals surface area contributed by atoms with Gasteiger partial charge in [-0.1, -0.05) is 0 Å². The summed E-state index contributed by atoms with van der Waals surface area (Å²) in [4.78, 5) is 4.16. The maximum Gasteiger partial charge on any atom is 0.173 e. The van der Waals surface area contributed by atoms with Crippen LogP contribution in [0.15, 0.2) is 28.2 Å². The summed E-state index contributed by atoms with van der Waals surface area (Å²) in [5, 5.41) is 4.33. The summed E-state index contributed by atoms with van der Waals surface area (Å²) in [6.07, 6.45) is 3.33. The zero-order valence-corrected chi connectivity index (χ0v) is 11.0. The van der Waals surface area contributed by atoms with Crippen LogP contribution < -0.4 is 5.32 Å². The van der Waals surface area contributed by atoms with Gasteiger partial charge < -0.3 is 5.32 Å². The van der Waals surface area contributed by atoms with E-state index in [1.54, 1.807) is 12.3 Å². The highest BCUT2D eigenvalue weighted by Crippen LogP contribution is 2.25. The molecule has 1 unspecified atom stereocenters. The second kappa shape index (κ2) is 4.18. The zero-order valence-electron chi connectivity index (χ0n) is 8.64. The van der Waals surface area contributed by atoms with Crippen molar-refractivity contribution in [2.75, 3.05) is 11.1 Å². The Morgan fingerprint density at radius 2 is 2.31 bits per heavy atom. The van der Waals surface area contributed by atoms with Crippen molar-refractivity contribution < 1.29 is 8.42 Å². The highest BCUT2D eigenvalue weighted by Gasteiger charge is 2.22. The SMILES string of the molecule is Cc1ccnc(NC2C=CS(=O)(=O)C2)c1Br. The Balaban J connectivity index is 2.17. The number of aryl methyl sites for hydroxylation is 1. The molecule has 86 valence electrons. The fourth-order valence-electron chi connectivity index (χ4n) is 1.48. The Morgan fingerprint density at radius 1 is 1.56 bits per heavy atom. The quantitative estimate of drug-likeness (QED) is 0.906. The third-order valence-corrected chi connectivity index (χ3v) is 4.73. The first-order valence-electron chi connectivity index (χ1n) is 4.76. The van der Waals surface area contributed by atoms with E-state index >= 15 is 0 Å². The van der Waals surface area contributed by atoms with Crippen LogP contribution in [-0.4, -0.2) is 25.2 Å². The van der Waals surface area contributed by atoms with Crippen molar-refractivity contribution in [2.24, 2.45) is 0 Å². The Morgan fingerprint density at radius 3 is 2.94 bits per heavy atom. The number of rotatable bonds is 2. The number of halogens is 1. The second-order valence-corrected chi connectivity index (χ2v) is 6.42. The molecule has 0 saturated carbocycles. The van der Waals surface area contributed by atoms with Crippen LogP contribution in [-0.2, 0) is 9.84 Å². The average Bonchev–Trinajstić information content (AvgIpc) is 2.53. The lowest BCUT2D eigenvalue weighted by Gasteiger charge is -2.12. The normalized spacial score (nSPS) is 22.2. The number of pyridine rings is 1. The van der Waals surface area contributed by atoms with Crippen LogP contribution in [0.2, 0.25) is 0 Å². The molecule has 1 aliphatic heterocycles. The maximum absolute atomic E-state index is 11.2. The van der Waals surface area contributed by atoms with Gasteiger partial charge in [0.05, 0.1) is 16.3 Å². The molecule has 1 atom stereocenters. The third-order valence-electron chi connectivity index (χ3n) is 2.33. The number of hydrogen-bond acceptors (Lipinski definition) is 4. The smallest absolute Gasteiger partial charge is 0.173 e. The number of anilines is 1. The van der Waals surface area contributed by atoms with Crippen LogP contribution in [0.4, 0.5) is 5.82 Å². The minimum atomic E-state index is -3.02. The average molecular weight is 303 g/mol. The lowest BCUT2D eigenvalue weighted by atomic mass is 10.3. The van der Waals surface area contributed by atoms with Gasteiger partial charge in [0.1, 0.15) is 5.82 Å². The van der Waals surface area contributed by atoms with Gasteiger partial charge in [0.2, 0.25) is 0 Å². The van der Waals surface area contributed by atoms with E-state index in [0.717, 1.165) is 10.0 Å². The van der Waals surface area contributed by atoms with Gasteiger partial charge in [-0.25, -0.2) is 13.4 Å². The first kappa shape index (κ1) is 11.6. The second-order valence-electron chi connectivity index (χ2n) is 3.70. The summed E-state index contributed by atoms with van der Waals surface area (Å²) >= 11 is 3.42. The van der Waals surface area contributed by atoms with Crippen molar-refractivity contribution in [3.8, 4) is 0 Å². The van der Waals surface area contributed by atoms with Crippen LogP contribution >= 0.6 is 15.9 Å². The molecule has 1 aliphatic rings. The molecule has 1 aromatic rings. The highest BCUT2D eigenvalue weighted by atomic mass is 79.9. The number of nitrogens with zero attached hydrogens (tertiary/aromatic N) is 1. The molecule has 0 aliphatic carbocycles. The van der Waals surface area contributed by atoms with Gasteiger partial charge in [0.25, 0.3) is 0 Å². The number of hydrogen-bond donors (Lipinski definition) is 1. The molecule has 0 aromatic carbocycles. The Labute approximate surface area is 103 Å². The third kappa shape index (κ3) is 2.44. The van der Waals surface area contributed by atoms with E-state index in [0.29, 0.717) is 5.82 Å². The fraction of sp³-hybridized carbons (Fsp3) is 0.300. The van der Waals surface area contributed by atoms with Gasteiger partial charge in [-0.05, 0) is 40.6 Å². The number of nitrogens with one attached hydrogen (secondary N) is 1. The standard InChI is InChI=1S/C10H11BrN2O2S/c1-7-2-4-12-10(9(7)11)13-8-3-5-16(14,15)6-8/h2-5,8H,6H2,1H3,(H,12,13). The minimum absolute atomic E-state index is 0.0923. The molecule has 2 rings (SSSR count). The number of aromatic nitrogens is 1. The van der Waals surface area contributed by atoms with E-state index in [1.165, 1.54) is 5.41 Å². The van der Waals surface area contributed by atoms with Gasteiger partial charge in [-0.15, -0.1) is 0 Å². The molecular formula is C10H11BrN2O2S. The largest absolute Gasteiger partial charge is 0.362 e. The van der Waals surface area contributed by atoms with Gasteiger partial charge in [-0.2, -0.15) is 0 Å². The molecule has 0 radical (unpaired) electrons. The van der Waals surface area contributed by atoms with Crippen molar-refractivity contribution in [3.63, 3.8) is 0 Å². The molecule has 6 heteroatoms. The molecule has 0 fully saturated rings. The molecule has 16 heavy (non-hydrogen) atoms. The van der Waals surface area contributed by atoms with Crippen LogP contribution in [0, 0.1) is 6.92 Å². The summed E-state index contributed by atoms with van der Waals surface area (Å²) in [5.41, 5.74) is 1.06. The van der Waals surface area contributed by atoms with Crippen molar-refractivity contribution in [1.29, 1.82) is 0 Å². The fourth-order valence-corrected chi connectivity index (χ4v) is 3.07. The molecule has 0 amide bonds. The highest BCUT2D eigenvalue weighted by molar-refractivity contribution is 9.10. The Kier molecular flexibility index (Phi) is 3.03. The molecule has 0 saturated heterocycles. The molecule has 0 bridgehead atoms. The van der Waals surface area contributed by atoms with Crippen molar-refractivity contribution in [2.45, 2.75) is 13.0 Å². The van der Waals surface area contributed by atoms with Gasteiger partial charge in [0.15, 0.2) is 9.84 Å². The molecule has 1 N–H and O–H groups in total. The maximum atomic E-state index is 11.2. The van der Waals surface area contributed by atoms with Crippen molar-refractivity contribution >= 4 is 31.6 Å². The van der Waals surface area contributed by atoms with E-state index in [-0.39, 0.29) is 11.8 Å². The first-order valence-corrected chi connectivity index (χ1v) is 7.27. The van der Waals surface area contributed by atoms with Gasteiger partial charge in [-0.3, -0.25) is 0 Å². The lowest BCUT2D eigenvalue weighted by molar-refractivity contribution is 0.605. The monoisotopic (exact) mass is 302 g/mol. The van der Waals surface area contributed by atoms with E-state index in [2.05, 4.69) is 26.2 Å². The molecular weight excluding hydrogens is 292 g/mol. The van der Waals surface area contributed by atoms with Crippen LogP contribution in [0.1, 0.15) is 5.56 Å². The molecule has 1 aromatic heterocycles. The molecule has 2 heterocycles. The van der Waals surface area contributed by atoms with Gasteiger partial charge >= 0.3 is 0 Å². The van der Waals surface area contributed by atoms with E-state index in [4.69, 9.17) is 0 Å². The van der Waals surface area contributed by atoms with Crippen LogP contribution in [0.25, 0.3) is 0 Å². The summed E-state index contributed by atoms with van der Waals surface area (Å²) in [6, 6.07) is 1.69. The summed E-state index contributed by atoms with van der Waals surface area (Å²) < 4.78 is 23.3.